The molecule has 23 heavy (non-hydrogen) atoms. The van der Waals surface area contributed by atoms with Gasteiger partial charge in [-0.3, -0.25) is 5.32 Å². The standard InChI is InChI=1S/C21H20BrN/c1-16(19-13-8-14-20(22)15-19)23-21(17-9-4-2-5-10-17)18-11-6-3-7-12-18/h2-16,21,23H,1H3. The first kappa shape index (κ1) is 16.0. The minimum atomic E-state index is 0.173. The second-order valence-corrected chi connectivity index (χ2v) is 6.61. The summed E-state index contributed by atoms with van der Waals surface area (Å²) < 4.78 is 1.11. The zero-order chi connectivity index (χ0) is 16.1. The highest BCUT2D eigenvalue weighted by Crippen LogP contribution is 2.26. The lowest BCUT2D eigenvalue weighted by atomic mass is 9.97. The first-order chi connectivity index (χ1) is 11.2. The molecule has 1 nitrogen and oxygen atoms in total. The van der Waals surface area contributed by atoms with Crippen molar-refractivity contribution >= 4 is 15.9 Å². The van der Waals surface area contributed by atoms with Crippen molar-refractivity contribution in [3.8, 4) is 0 Å². The molecule has 0 spiro atoms. The van der Waals surface area contributed by atoms with E-state index < -0.39 is 0 Å². The predicted octanol–water partition coefficient (Wildman–Crippen LogP) is 5.89. The summed E-state index contributed by atoms with van der Waals surface area (Å²) in [6, 6.07) is 30.1. The summed E-state index contributed by atoms with van der Waals surface area (Å²) in [5.74, 6) is 0. The lowest BCUT2D eigenvalue weighted by Gasteiger charge is -2.25. The summed E-state index contributed by atoms with van der Waals surface area (Å²) in [6.07, 6.45) is 0. The number of hydrogen-bond acceptors (Lipinski definition) is 1. The largest absolute Gasteiger partial charge is 0.300 e. The SMILES string of the molecule is CC(NC(c1ccccc1)c1ccccc1)c1cccc(Br)c1. The van der Waals surface area contributed by atoms with Gasteiger partial charge >= 0.3 is 0 Å². The lowest BCUT2D eigenvalue weighted by molar-refractivity contribution is 0.516. The van der Waals surface area contributed by atoms with Crippen LogP contribution in [-0.2, 0) is 0 Å². The minimum absolute atomic E-state index is 0.173. The van der Waals surface area contributed by atoms with Crippen molar-refractivity contribution in [2.75, 3.05) is 0 Å². The van der Waals surface area contributed by atoms with E-state index in [1.54, 1.807) is 0 Å². The van der Waals surface area contributed by atoms with Gasteiger partial charge < -0.3 is 0 Å². The molecule has 3 aromatic carbocycles. The van der Waals surface area contributed by atoms with Crippen LogP contribution in [0.2, 0.25) is 0 Å². The summed E-state index contributed by atoms with van der Waals surface area (Å²) >= 11 is 3.56. The number of hydrogen-bond donors (Lipinski definition) is 1. The molecular formula is C21H20BrN. The van der Waals surface area contributed by atoms with Gasteiger partial charge in [-0.15, -0.1) is 0 Å². The molecule has 0 aliphatic carbocycles. The molecule has 0 bridgehead atoms. The van der Waals surface area contributed by atoms with Gasteiger partial charge in [-0.05, 0) is 35.7 Å². The molecule has 0 saturated heterocycles. The molecule has 116 valence electrons. The summed E-state index contributed by atoms with van der Waals surface area (Å²) in [5, 5.41) is 3.77. The number of rotatable bonds is 5. The van der Waals surface area contributed by atoms with Crippen LogP contribution in [-0.4, -0.2) is 0 Å². The van der Waals surface area contributed by atoms with E-state index in [4.69, 9.17) is 0 Å². The van der Waals surface area contributed by atoms with Crippen molar-refractivity contribution in [3.63, 3.8) is 0 Å². The van der Waals surface area contributed by atoms with Crippen LogP contribution >= 0.6 is 15.9 Å². The Hall–Kier alpha value is -1.90. The molecule has 0 aromatic heterocycles. The smallest absolute Gasteiger partial charge is 0.0581 e. The Morgan fingerprint density at radius 1 is 0.696 bits per heavy atom. The van der Waals surface area contributed by atoms with Crippen molar-refractivity contribution in [2.24, 2.45) is 0 Å². The summed E-state index contributed by atoms with van der Waals surface area (Å²) in [5.41, 5.74) is 3.83. The lowest BCUT2D eigenvalue weighted by Crippen LogP contribution is -2.25. The van der Waals surface area contributed by atoms with Crippen molar-refractivity contribution in [1.29, 1.82) is 0 Å². The minimum Gasteiger partial charge on any atom is -0.300 e. The summed E-state index contributed by atoms with van der Waals surface area (Å²) in [4.78, 5) is 0. The highest BCUT2D eigenvalue weighted by molar-refractivity contribution is 9.10. The van der Waals surface area contributed by atoms with Gasteiger partial charge in [0.15, 0.2) is 0 Å². The first-order valence-electron chi connectivity index (χ1n) is 7.85. The van der Waals surface area contributed by atoms with Crippen molar-refractivity contribution in [1.82, 2.24) is 5.32 Å². The predicted molar refractivity (Wildman–Crippen MR) is 100 cm³/mol. The Balaban J connectivity index is 1.90. The molecular weight excluding hydrogens is 346 g/mol. The molecule has 2 heteroatoms. The van der Waals surface area contributed by atoms with Crippen LogP contribution in [0.25, 0.3) is 0 Å². The highest BCUT2D eigenvalue weighted by atomic mass is 79.9. The maximum absolute atomic E-state index is 3.77. The molecule has 0 amide bonds. The quantitative estimate of drug-likeness (QED) is 0.594. The van der Waals surface area contributed by atoms with Crippen molar-refractivity contribution < 1.29 is 0 Å². The van der Waals surface area contributed by atoms with Crippen LogP contribution in [0.15, 0.2) is 89.4 Å². The van der Waals surface area contributed by atoms with Crippen LogP contribution < -0.4 is 5.32 Å². The Morgan fingerprint density at radius 3 is 1.74 bits per heavy atom. The third-order valence-electron chi connectivity index (χ3n) is 4.03. The fraction of sp³-hybridized carbons (Fsp3) is 0.143. The number of nitrogens with one attached hydrogen (secondary N) is 1. The van der Waals surface area contributed by atoms with E-state index in [-0.39, 0.29) is 12.1 Å². The Bertz CT molecular complexity index is 701. The van der Waals surface area contributed by atoms with E-state index in [1.807, 2.05) is 0 Å². The van der Waals surface area contributed by atoms with E-state index in [1.165, 1.54) is 16.7 Å². The van der Waals surface area contributed by atoms with E-state index in [0.29, 0.717) is 0 Å². The van der Waals surface area contributed by atoms with Gasteiger partial charge in [-0.2, -0.15) is 0 Å². The first-order valence-corrected chi connectivity index (χ1v) is 8.65. The third-order valence-corrected chi connectivity index (χ3v) is 4.52. The Labute approximate surface area is 146 Å². The van der Waals surface area contributed by atoms with Gasteiger partial charge in [0.25, 0.3) is 0 Å². The van der Waals surface area contributed by atoms with E-state index in [0.717, 1.165) is 4.47 Å². The molecule has 0 radical (unpaired) electrons. The Kier molecular flexibility index (Phi) is 5.27. The molecule has 1 atom stereocenters. The molecule has 0 fully saturated rings. The van der Waals surface area contributed by atoms with E-state index in [2.05, 4.69) is 113 Å². The molecule has 1 unspecified atom stereocenters. The molecule has 3 aromatic rings. The monoisotopic (exact) mass is 365 g/mol. The maximum Gasteiger partial charge on any atom is 0.0581 e. The fourth-order valence-electron chi connectivity index (χ4n) is 2.80. The van der Waals surface area contributed by atoms with Crippen LogP contribution in [0.5, 0.6) is 0 Å². The molecule has 1 N–H and O–H groups in total. The second kappa shape index (κ2) is 7.58. The van der Waals surface area contributed by atoms with Crippen LogP contribution in [0.3, 0.4) is 0 Å². The second-order valence-electron chi connectivity index (χ2n) is 5.70. The van der Waals surface area contributed by atoms with E-state index in [9.17, 15) is 0 Å². The van der Waals surface area contributed by atoms with Crippen LogP contribution in [0, 0.1) is 0 Å². The van der Waals surface area contributed by atoms with Gasteiger partial charge in [-0.25, -0.2) is 0 Å². The zero-order valence-electron chi connectivity index (χ0n) is 13.1. The average molecular weight is 366 g/mol. The van der Waals surface area contributed by atoms with Gasteiger partial charge in [0.2, 0.25) is 0 Å². The Morgan fingerprint density at radius 2 is 1.22 bits per heavy atom. The highest BCUT2D eigenvalue weighted by Gasteiger charge is 2.17. The number of halogens is 1. The van der Waals surface area contributed by atoms with Crippen LogP contribution in [0.4, 0.5) is 0 Å². The van der Waals surface area contributed by atoms with Crippen LogP contribution in [0.1, 0.15) is 35.7 Å². The maximum atomic E-state index is 3.77. The van der Waals surface area contributed by atoms with E-state index >= 15 is 0 Å². The third kappa shape index (κ3) is 4.10. The van der Waals surface area contributed by atoms with Gasteiger partial charge in [0.1, 0.15) is 0 Å². The van der Waals surface area contributed by atoms with Gasteiger partial charge in [0.05, 0.1) is 6.04 Å². The molecule has 3 rings (SSSR count). The molecule has 0 saturated carbocycles. The van der Waals surface area contributed by atoms with Gasteiger partial charge in [-0.1, -0.05) is 88.7 Å². The zero-order valence-corrected chi connectivity index (χ0v) is 14.7. The van der Waals surface area contributed by atoms with Crippen molar-refractivity contribution in [2.45, 2.75) is 19.0 Å². The number of benzene rings is 3. The fourth-order valence-corrected chi connectivity index (χ4v) is 3.21. The topological polar surface area (TPSA) is 12.0 Å². The average Bonchev–Trinajstić information content (AvgIpc) is 2.61. The summed E-state index contributed by atoms with van der Waals surface area (Å²) in [6.45, 7) is 2.21. The van der Waals surface area contributed by atoms with Crippen molar-refractivity contribution in [3.05, 3.63) is 106 Å². The molecule has 0 aliphatic rings. The van der Waals surface area contributed by atoms with Gasteiger partial charge in [0, 0.05) is 10.5 Å². The molecule has 0 heterocycles. The summed E-state index contributed by atoms with van der Waals surface area (Å²) in [7, 11) is 0. The molecule has 0 aliphatic heterocycles. The normalized spacial score (nSPS) is 12.3.